The number of methoxy groups -OCH3 is 1. The molecule has 1 amide bonds. The van der Waals surface area contributed by atoms with E-state index in [1.165, 1.54) is 23.8 Å². The largest absolute Gasteiger partial charge is 0.497 e. The Hall–Kier alpha value is -4.84. The monoisotopic (exact) mass is 648 g/mol. The molecule has 0 aliphatic carbocycles. The fraction of sp³-hybridized carbons (Fsp3) is 0.289. The molecule has 0 spiro atoms. The van der Waals surface area contributed by atoms with Crippen LogP contribution in [0.15, 0.2) is 72.9 Å². The molecule has 6 rings (SSSR count). The highest BCUT2D eigenvalue weighted by Crippen LogP contribution is 2.36. The minimum absolute atomic E-state index is 0.329. The maximum Gasteiger partial charge on any atom is 0.419 e. The molecule has 47 heavy (non-hydrogen) atoms. The van der Waals surface area contributed by atoms with Crippen molar-refractivity contribution in [1.82, 2.24) is 14.5 Å². The van der Waals surface area contributed by atoms with Crippen LogP contribution in [0.2, 0.25) is 5.02 Å². The van der Waals surface area contributed by atoms with Crippen LogP contribution in [0.3, 0.4) is 0 Å². The number of ether oxygens (including phenoxy) is 2. The first kappa shape index (κ1) is 32.1. The number of carbonyl (C=O) groups excluding carboxylic acids is 2. The van der Waals surface area contributed by atoms with Crippen LogP contribution >= 0.6 is 11.6 Å². The normalized spacial score (nSPS) is 13.6. The number of halogens is 1. The first-order valence-corrected chi connectivity index (χ1v) is 16.1. The molecular weight excluding hydrogens is 612 g/mol. The molecule has 0 unspecified atom stereocenters. The molecule has 5 aromatic rings. The zero-order valence-electron chi connectivity index (χ0n) is 27.0. The van der Waals surface area contributed by atoms with Crippen LogP contribution in [0.4, 0.5) is 10.5 Å². The van der Waals surface area contributed by atoms with E-state index in [0.717, 1.165) is 30.6 Å². The van der Waals surface area contributed by atoms with Crippen molar-refractivity contribution in [2.24, 2.45) is 0 Å². The minimum atomic E-state index is -0.709. The number of nitrogens with zero attached hydrogens (tertiary/aromatic N) is 3. The third-order valence-electron chi connectivity index (χ3n) is 8.00. The van der Waals surface area contributed by atoms with Crippen LogP contribution in [0.5, 0.6) is 5.75 Å². The molecular formula is C38H37ClN4O4. The van der Waals surface area contributed by atoms with E-state index in [-0.39, 0.29) is 5.91 Å². The minimum Gasteiger partial charge on any atom is -0.497 e. The van der Waals surface area contributed by atoms with Crippen LogP contribution in [0.25, 0.3) is 33.1 Å². The van der Waals surface area contributed by atoms with Gasteiger partial charge in [-0.2, -0.15) is 0 Å². The summed E-state index contributed by atoms with van der Waals surface area (Å²) in [6, 6.07) is 20.0. The predicted molar refractivity (Wildman–Crippen MR) is 187 cm³/mol. The Labute approximate surface area is 279 Å². The lowest BCUT2D eigenvalue weighted by Crippen LogP contribution is -2.29. The number of pyridine rings is 1. The van der Waals surface area contributed by atoms with Crippen molar-refractivity contribution in [2.75, 3.05) is 32.1 Å². The van der Waals surface area contributed by atoms with E-state index < -0.39 is 11.7 Å². The number of aromatic nitrogens is 2. The van der Waals surface area contributed by atoms with Crippen LogP contribution in [-0.2, 0) is 4.74 Å². The zero-order valence-corrected chi connectivity index (χ0v) is 27.8. The first-order valence-electron chi connectivity index (χ1n) is 15.7. The number of nitrogens with one attached hydrogen (secondary N) is 1. The highest BCUT2D eigenvalue weighted by Gasteiger charge is 2.25. The molecule has 0 saturated carbocycles. The van der Waals surface area contributed by atoms with E-state index in [9.17, 15) is 9.59 Å². The second-order valence-corrected chi connectivity index (χ2v) is 13.1. The van der Waals surface area contributed by atoms with E-state index in [2.05, 4.69) is 22.1 Å². The molecule has 3 heterocycles. The van der Waals surface area contributed by atoms with Crippen molar-refractivity contribution in [3.63, 3.8) is 0 Å². The third kappa shape index (κ3) is 7.43. The van der Waals surface area contributed by atoms with E-state index in [1.807, 2.05) is 45.0 Å². The Morgan fingerprint density at radius 2 is 1.74 bits per heavy atom. The van der Waals surface area contributed by atoms with Gasteiger partial charge in [0.2, 0.25) is 0 Å². The number of hydrogen-bond acceptors (Lipinski definition) is 6. The van der Waals surface area contributed by atoms with Gasteiger partial charge in [0, 0.05) is 38.8 Å². The molecule has 240 valence electrons. The molecule has 8 nitrogen and oxygen atoms in total. The number of rotatable bonds is 5. The van der Waals surface area contributed by atoms with Crippen LogP contribution in [0.1, 0.15) is 56.0 Å². The zero-order chi connectivity index (χ0) is 33.1. The average molecular weight is 649 g/mol. The predicted octanol–water partition coefficient (Wildman–Crippen LogP) is 8.39. The Bertz CT molecular complexity index is 2030. The van der Waals surface area contributed by atoms with Gasteiger partial charge in [-0.3, -0.25) is 14.3 Å². The van der Waals surface area contributed by atoms with E-state index in [1.54, 1.807) is 55.8 Å². The summed E-state index contributed by atoms with van der Waals surface area (Å²) in [5, 5.41) is 4.91. The Morgan fingerprint density at radius 1 is 0.979 bits per heavy atom. The van der Waals surface area contributed by atoms with Crippen LogP contribution in [-0.4, -0.2) is 58.8 Å². The number of piperidine rings is 1. The number of hydrogen-bond donors (Lipinski definition) is 1. The summed E-state index contributed by atoms with van der Waals surface area (Å²) < 4.78 is 12.4. The maximum absolute atomic E-state index is 14.0. The molecule has 1 saturated heterocycles. The number of amides is 1. The standard InChI is InChI=1S/C38H37ClN4O4/c1-38(2,3)47-37(45)43-24-32(30-23-27(39)11-17-34(30)43)35-31(36(44)40-28-12-14-29(46-4)15-13-28)22-26-21-25(10-16-33(26)41-35)9-8-20-42-18-6-5-7-19-42/h10-17,21-24H,5-7,18-20H2,1-4H3,(H,40,44). The number of fused-ring (bicyclic) bond motifs is 2. The van der Waals surface area contributed by atoms with E-state index >= 15 is 0 Å². The molecule has 0 atom stereocenters. The van der Waals surface area contributed by atoms with Gasteiger partial charge in [-0.05, 0) is 113 Å². The Kier molecular flexibility index (Phi) is 9.21. The second kappa shape index (κ2) is 13.5. The highest BCUT2D eigenvalue weighted by molar-refractivity contribution is 6.31. The molecule has 9 heteroatoms. The number of benzene rings is 3. The molecule has 0 bridgehead atoms. The van der Waals surface area contributed by atoms with Crippen molar-refractivity contribution in [2.45, 2.75) is 45.6 Å². The number of likely N-dealkylation sites (tertiary alicyclic amines) is 1. The van der Waals surface area contributed by atoms with Gasteiger partial charge in [-0.15, -0.1) is 0 Å². The van der Waals surface area contributed by atoms with Crippen molar-refractivity contribution >= 4 is 51.1 Å². The fourth-order valence-electron chi connectivity index (χ4n) is 5.73. The second-order valence-electron chi connectivity index (χ2n) is 12.7. The SMILES string of the molecule is COc1ccc(NC(=O)c2cc3cc(C#CCN4CCCCC4)ccc3nc2-c2cn(C(=O)OC(C)(C)C)c3ccc(Cl)cc23)cc1. The van der Waals surface area contributed by atoms with Gasteiger partial charge in [-0.25, -0.2) is 9.78 Å². The van der Waals surface area contributed by atoms with Gasteiger partial charge in [0.1, 0.15) is 11.4 Å². The molecule has 2 aromatic heterocycles. The lowest BCUT2D eigenvalue weighted by atomic mass is 10.0. The Morgan fingerprint density at radius 3 is 2.47 bits per heavy atom. The van der Waals surface area contributed by atoms with Gasteiger partial charge in [0.15, 0.2) is 0 Å². The molecule has 1 aliphatic rings. The molecule has 1 aliphatic heterocycles. The lowest BCUT2D eigenvalue weighted by Gasteiger charge is -2.23. The van der Waals surface area contributed by atoms with Crippen molar-refractivity contribution < 1.29 is 19.1 Å². The van der Waals surface area contributed by atoms with E-state index in [4.69, 9.17) is 26.1 Å². The summed E-state index contributed by atoms with van der Waals surface area (Å²) >= 11 is 6.46. The van der Waals surface area contributed by atoms with Gasteiger partial charge in [-0.1, -0.05) is 29.9 Å². The smallest absolute Gasteiger partial charge is 0.419 e. The van der Waals surface area contributed by atoms with E-state index in [0.29, 0.717) is 49.7 Å². The summed E-state index contributed by atoms with van der Waals surface area (Å²) in [4.78, 5) is 34.8. The highest BCUT2D eigenvalue weighted by atomic mass is 35.5. The quantitative estimate of drug-likeness (QED) is 0.193. The summed E-state index contributed by atoms with van der Waals surface area (Å²) in [6.07, 6.45) is 4.83. The average Bonchev–Trinajstić information content (AvgIpc) is 3.43. The fourth-order valence-corrected chi connectivity index (χ4v) is 5.90. The number of carbonyl (C=O) groups is 2. The van der Waals surface area contributed by atoms with Gasteiger partial charge < -0.3 is 14.8 Å². The summed E-state index contributed by atoms with van der Waals surface area (Å²) in [5.41, 5.74) is 3.30. The molecule has 0 radical (unpaired) electrons. The summed E-state index contributed by atoms with van der Waals surface area (Å²) in [5.74, 6) is 6.93. The van der Waals surface area contributed by atoms with Crippen LogP contribution in [0, 0.1) is 11.8 Å². The first-order chi connectivity index (χ1) is 22.6. The topological polar surface area (TPSA) is 85.7 Å². The summed E-state index contributed by atoms with van der Waals surface area (Å²) in [6.45, 7) is 8.34. The third-order valence-corrected chi connectivity index (χ3v) is 8.24. The van der Waals surface area contributed by atoms with Gasteiger partial charge >= 0.3 is 6.09 Å². The van der Waals surface area contributed by atoms with Crippen molar-refractivity contribution in [3.8, 4) is 28.8 Å². The van der Waals surface area contributed by atoms with Crippen LogP contribution < -0.4 is 10.1 Å². The number of anilines is 1. The Balaban J connectivity index is 1.46. The van der Waals surface area contributed by atoms with Crippen molar-refractivity contribution in [3.05, 3.63) is 89.1 Å². The molecule has 1 fully saturated rings. The summed E-state index contributed by atoms with van der Waals surface area (Å²) in [7, 11) is 1.59. The maximum atomic E-state index is 14.0. The molecule has 1 N–H and O–H groups in total. The van der Waals surface area contributed by atoms with Gasteiger partial charge in [0.05, 0.1) is 35.9 Å². The van der Waals surface area contributed by atoms with Gasteiger partial charge in [0.25, 0.3) is 5.91 Å². The lowest BCUT2D eigenvalue weighted by molar-refractivity contribution is 0.0544. The van der Waals surface area contributed by atoms with Crippen molar-refractivity contribution in [1.29, 1.82) is 0 Å². The molecule has 3 aromatic carbocycles.